The fourth-order valence-corrected chi connectivity index (χ4v) is 2.19. The monoisotopic (exact) mass is 255 g/mol. The number of allylic oxidation sites excluding steroid dienone is 1. The minimum absolute atomic E-state index is 0.395. The molecule has 0 N–H and O–H groups in total. The second kappa shape index (κ2) is 4.07. The van der Waals surface area contributed by atoms with E-state index in [0.29, 0.717) is 16.7 Å². The molecule has 0 saturated heterocycles. The Morgan fingerprint density at radius 2 is 2.19 bits per heavy atom. The maximum atomic E-state index is 6.06. The zero-order valence-electron chi connectivity index (χ0n) is 9.09. The Morgan fingerprint density at radius 3 is 2.81 bits per heavy atom. The maximum absolute atomic E-state index is 6.06. The largest absolute Gasteiger partial charge is 0.337 e. The van der Waals surface area contributed by atoms with Gasteiger partial charge in [-0.3, -0.25) is 0 Å². The van der Waals surface area contributed by atoms with Crippen LogP contribution in [0.15, 0.2) is 17.8 Å². The Balaban J connectivity index is 2.80. The zero-order valence-corrected chi connectivity index (χ0v) is 10.6. The molecule has 0 aromatic carbocycles. The van der Waals surface area contributed by atoms with Crippen LogP contribution in [0.5, 0.6) is 0 Å². The van der Waals surface area contributed by atoms with Crippen LogP contribution in [-0.2, 0) is 6.54 Å². The summed E-state index contributed by atoms with van der Waals surface area (Å²) in [5.41, 5.74) is 3.12. The Hall–Kier alpha value is -1.06. The quantitative estimate of drug-likeness (QED) is 0.823. The first-order valence-electron chi connectivity index (χ1n) is 4.82. The Bertz CT molecular complexity index is 572. The first-order chi connectivity index (χ1) is 7.52. The molecule has 0 atom stereocenters. The van der Waals surface area contributed by atoms with Crippen molar-refractivity contribution in [3.63, 3.8) is 0 Å². The molecular formula is C11H11Cl2N3. The van der Waals surface area contributed by atoms with Crippen LogP contribution in [0.1, 0.15) is 11.3 Å². The first-order valence-corrected chi connectivity index (χ1v) is 5.57. The third kappa shape index (κ3) is 1.70. The van der Waals surface area contributed by atoms with Gasteiger partial charge in [0.05, 0.1) is 18.3 Å². The topological polar surface area (TPSA) is 30.7 Å². The second-order valence-electron chi connectivity index (χ2n) is 3.71. The fraction of sp³-hybridized carbons (Fsp3) is 0.273. The van der Waals surface area contributed by atoms with Gasteiger partial charge in [0.25, 0.3) is 0 Å². The Kier molecular flexibility index (Phi) is 2.91. The van der Waals surface area contributed by atoms with Crippen molar-refractivity contribution in [2.45, 2.75) is 20.4 Å². The first kappa shape index (κ1) is 11.4. The van der Waals surface area contributed by atoms with Crippen LogP contribution in [0.2, 0.25) is 5.15 Å². The van der Waals surface area contributed by atoms with Crippen molar-refractivity contribution in [1.82, 2.24) is 14.8 Å². The molecule has 3 nitrogen and oxygen atoms in total. The van der Waals surface area contributed by atoms with E-state index < -0.39 is 0 Å². The van der Waals surface area contributed by atoms with Crippen molar-refractivity contribution in [2.24, 2.45) is 0 Å². The van der Waals surface area contributed by atoms with Gasteiger partial charge in [0, 0.05) is 16.1 Å². The third-order valence-electron chi connectivity index (χ3n) is 2.73. The van der Waals surface area contributed by atoms with Gasteiger partial charge in [-0.25, -0.2) is 0 Å². The summed E-state index contributed by atoms with van der Waals surface area (Å²) in [5.74, 6) is 0. The van der Waals surface area contributed by atoms with Gasteiger partial charge in [0.1, 0.15) is 0 Å². The van der Waals surface area contributed by atoms with E-state index in [9.17, 15) is 0 Å². The summed E-state index contributed by atoms with van der Waals surface area (Å²) in [6.45, 7) is 8.28. The lowest BCUT2D eigenvalue weighted by atomic mass is 10.2. The number of rotatable bonds is 2. The molecule has 16 heavy (non-hydrogen) atoms. The summed E-state index contributed by atoms with van der Waals surface area (Å²) in [6.07, 6.45) is 1.72. The van der Waals surface area contributed by atoms with Gasteiger partial charge in [-0.05, 0) is 19.4 Å². The summed E-state index contributed by atoms with van der Waals surface area (Å²) < 4.78 is 2.01. The van der Waals surface area contributed by atoms with Crippen LogP contribution < -0.4 is 0 Å². The molecular weight excluding hydrogens is 245 g/mol. The van der Waals surface area contributed by atoms with Crippen LogP contribution in [0, 0.1) is 13.8 Å². The van der Waals surface area contributed by atoms with E-state index in [1.165, 1.54) is 0 Å². The standard InChI is InChI=1S/C11H11Cl2N3/c1-6(12)5-16-8(3)7(2)9-4-14-15-11(13)10(9)16/h4H,1,5H2,2-3H3. The molecule has 0 amide bonds. The Morgan fingerprint density at radius 1 is 1.50 bits per heavy atom. The highest BCUT2D eigenvalue weighted by atomic mass is 35.5. The highest BCUT2D eigenvalue weighted by Gasteiger charge is 2.14. The molecule has 0 spiro atoms. The summed E-state index contributed by atoms with van der Waals surface area (Å²) in [4.78, 5) is 0. The van der Waals surface area contributed by atoms with Crippen molar-refractivity contribution in [2.75, 3.05) is 0 Å². The normalized spacial score (nSPS) is 11.0. The molecule has 0 unspecified atom stereocenters. The second-order valence-corrected chi connectivity index (χ2v) is 4.60. The summed E-state index contributed by atoms with van der Waals surface area (Å²) in [7, 11) is 0. The smallest absolute Gasteiger partial charge is 0.175 e. The number of hydrogen-bond acceptors (Lipinski definition) is 2. The summed E-state index contributed by atoms with van der Waals surface area (Å²) in [6, 6.07) is 0. The average molecular weight is 256 g/mol. The van der Waals surface area contributed by atoms with Crippen LogP contribution in [0.3, 0.4) is 0 Å². The molecule has 0 aliphatic carbocycles. The number of hydrogen-bond donors (Lipinski definition) is 0. The predicted molar refractivity (Wildman–Crippen MR) is 67.0 cm³/mol. The number of halogens is 2. The maximum Gasteiger partial charge on any atom is 0.175 e. The number of aromatic nitrogens is 3. The van der Waals surface area contributed by atoms with Crippen LogP contribution in [0.25, 0.3) is 10.9 Å². The molecule has 0 radical (unpaired) electrons. The van der Waals surface area contributed by atoms with Crippen molar-refractivity contribution < 1.29 is 0 Å². The number of fused-ring (bicyclic) bond motifs is 1. The Labute approximate surface area is 104 Å². The molecule has 2 rings (SSSR count). The van der Waals surface area contributed by atoms with E-state index in [-0.39, 0.29) is 0 Å². The van der Waals surface area contributed by atoms with Crippen LogP contribution in [-0.4, -0.2) is 14.8 Å². The van der Waals surface area contributed by atoms with Crippen molar-refractivity contribution in [3.05, 3.63) is 34.2 Å². The summed E-state index contributed by atoms with van der Waals surface area (Å²) in [5, 5.41) is 9.68. The van der Waals surface area contributed by atoms with Crippen LogP contribution in [0.4, 0.5) is 0 Å². The fourth-order valence-electron chi connectivity index (χ4n) is 1.82. The molecule has 0 aliphatic heterocycles. The number of nitrogens with zero attached hydrogens (tertiary/aromatic N) is 3. The van der Waals surface area contributed by atoms with Gasteiger partial charge < -0.3 is 4.57 Å². The minimum atomic E-state index is 0.395. The zero-order chi connectivity index (χ0) is 11.9. The van der Waals surface area contributed by atoms with Crippen LogP contribution >= 0.6 is 23.2 Å². The highest BCUT2D eigenvalue weighted by Crippen LogP contribution is 2.29. The lowest BCUT2D eigenvalue weighted by molar-refractivity contribution is 0.811. The number of aryl methyl sites for hydroxylation is 1. The van der Waals surface area contributed by atoms with Crippen molar-refractivity contribution >= 4 is 34.1 Å². The van der Waals surface area contributed by atoms with E-state index in [0.717, 1.165) is 22.2 Å². The summed E-state index contributed by atoms with van der Waals surface area (Å²) >= 11 is 11.9. The lowest BCUT2D eigenvalue weighted by Gasteiger charge is -2.07. The van der Waals surface area contributed by atoms with Gasteiger partial charge in [-0.1, -0.05) is 29.8 Å². The molecule has 2 aromatic heterocycles. The minimum Gasteiger partial charge on any atom is -0.337 e. The van der Waals surface area contributed by atoms with E-state index in [1.807, 2.05) is 18.4 Å². The highest BCUT2D eigenvalue weighted by molar-refractivity contribution is 6.34. The van der Waals surface area contributed by atoms with E-state index >= 15 is 0 Å². The molecule has 0 fully saturated rings. The molecule has 0 aliphatic rings. The predicted octanol–water partition coefficient (Wildman–Crippen LogP) is 3.45. The SMILES string of the molecule is C=C(Cl)Cn1c(C)c(C)c2cnnc(Cl)c21. The molecule has 0 saturated carbocycles. The van der Waals surface area contributed by atoms with Gasteiger partial charge in [-0.2, -0.15) is 5.10 Å². The van der Waals surface area contributed by atoms with Gasteiger partial charge in [0.15, 0.2) is 5.15 Å². The van der Waals surface area contributed by atoms with Gasteiger partial charge >= 0.3 is 0 Å². The van der Waals surface area contributed by atoms with E-state index in [4.69, 9.17) is 23.2 Å². The van der Waals surface area contributed by atoms with Crippen molar-refractivity contribution in [3.8, 4) is 0 Å². The average Bonchev–Trinajstić information content (AvgIpc) is 2.45. The molecule has 0 bridgehead atoms. The molecule has 2 heterocycles. The van der Waals surface area contributed by atoms with Gasteiger partial charge in [0.2, 0.25) is 0 Å². The third-order valence-corrected chi connectivity index (χ3v) is 3.11. The van der Waals surface area contributed by atoms with E-state index in [2.05, 4.69) is 16.8 Å². The van der Waals surface area contributed by atoms with Crippen molar-refractivity contribution in [1.29, 1.82) is 0 Å². The van der Waals surface area contributed by atoms with E-state index in [1.54, 1.807) is 6.20 Å². The molecule has 2 aromatic rings. The van der Waals surface area contributed by atoms with Gasteiger partial charge in [-0.15, -0.1) is 5.10 Å². The molecule has 5 heteroatoms. The lowest BCUT2D eigenvalue weighted by Crippen LogP contribution is -2.01. The molecule has 84 valence electrons.